The molecule has 0 radical (unpaired) electrons. The number of nitrogens with one attached hydrogen (secondary N) is 1. The van der Waals surface area contributed by atoms with Gasteiger partial charge < -0.3 is 11.1 Å². The van der Waals surface area contributed by atoms with Gasteiger partial charge in [0.1, 0.15) is 0 Å². The second kappa shape index (κ2) is 5.66. The first-order valence-corrected chi connectivity index (χ1v) is 7.26. The lowest BCUT2D eigenvalue weighted by molar-refractivity contribution is -0.115. The smallest absolute Gasteiger partial charge is 0.230 e. The highest BCUT2D eigenvalue weighted by atomic mass is 127. The summed E-state index contributed by atoms with van der Waals surface area (Å²) in [6, 6.07) is 5.89. The summed E-state index contributed by atoms with van der Waals surface area (Å²) >= 11 is 3.59. The third kappa shape index (κ3) is 3.42. The molecule has 1 amide bonds. The monoisotopic (exact) mass is 373 g/mol. The fourth-order valence-corrected chi connectivity index (χ4v) is 2.74. The summed E-state index contributed by atoms with van der Waals surface area (Å²) in [4.78, 5) is 15.9. The average molecular weight is 373 g/mol. The fraction of sp³-hybridized carbons (Fsp3) is 0.167. The molecule has 1 heterocycles. The summed E-state index contributed by atoms with van der Waals surface area (Å²) in [5.41, 5.74) is 8.11. The van der Waals surface area contributed by atoms with E-state index in [9.17, 15) is 4.79 Å². The third-order valence-electron chi connectivity index (χ3n) is 2.37. The Bertz CT molecular complexity index is 582. The molecule has 1 aromatic heterocycles. The van der Waals surface area contributed by atoms with Crippen molar-refractivity contribution in [1.82, 2.24) is 4.98 Å². The van der Waals surface area contributed by atoms with Crippen molar-refractivity contribution in [1.29, 1.82) is 0 Å². The molecule has 0 spiro atoms. The van der Waals surface area contributed by atoms with E-state index in [-0.39, 0.29) is 12.3 Å². The van der Waals surface area contributed by atoms with Crippen LogP contribution in [-0.4, -0.2) is 10.9 Å². The maximum atomic E-state index is 11.8. The first kappa shape index (κ1) is 13.3. The lowest BCUT2D eigenvalue weighted by atomic mass is 10.2. The number of carbonyl (C=O) groups excluding carboxylic acids is 1. The number of benzene rings is 1. The first-order chi connectivity index (χ1) is 8.54. The molecule has 0 fully saturated rings. The molecule has 94 valence electrons. The largest absolute Gasteiger partial charge is 0.375 e. The van der Waals surface area contributed by atoms with Gasteiger partial charge in [-0.3, -0.25) is 4.79 Å². The zero-order valence-electron chi connectivity index (χ0n) is 9.74. The van der Waals surface area contributed by atoms with Crippen LogP contribution in [0.5, 0.6) is 0 Å². The maximum Gasteiger partial charge on any atom is 0.230 e. The number of thiazole rings is 1. The Hall–Kier alpha value is -1.15. The Labute approximate surface area is 123 Å². The van der Waals surface area contributed by atoms with Crippen molar-refractivity contribution in [3.05, 3.63) is 38.4 Å². The summed E-state index contributed by atoms with van der Waals surface area (Å²) in [6.45, 7) is 1.97. The van der Waals surface area contributed by atoms with E-state index < -0.39 is 0 Å². The summed E-state index contributed by atoms with van der Waals surface area (Å²) in [5, 5.41) is 5.17. The van der Waals surface area contributed by atoms with Crippen LogP contribution in [0.15, 0.2) is 23.6 Å². The highest BCUT2D eigenvalue weighted by Gasteiger charge is 2.08. The van der Waals surface area contributed by atoms with Crippen molar-refractivity contribution in [3.63, 3.8) is 0 Å². The lowest BCUT2D eigenvalue weighted by Crippen LogP contribution is -2.15. The van der Waals surface area contributed by atoms with E-state index in [1.807, 2.05) is 25.1 Å². The lowest BCUT2D eigenvalue weighted by Gasteiger charge is -2.07. The quantitative estimate of drug-likeness (QED) is 0.814. The van der Waals surface area contributed by atoms with Crippen LogP contribution in [0.2, 0.25) is 0 Å². The van der Waals surface area contributed by atoms with Gasteiger partial charge >= 0.3 is 0 Å². The number of carbonyl (C=O) groups is 1. The van der Waals surface area contributed by atoms with Crippen LogP contribution in [0.25, 0.3) is 0 Å². The SMILES string of the molecule is Cc1cc(I)ccc1NC(=O)Cc1csc(N)n1. The second-order valence-electron chi connectivity index (χ2n) is 3.86. The first-order valence-electron chi connectivity index (χ1n) is 5.30. The topological polar surface area (TPSA) is 68.0 Å². The van der Waals surface area contributed by atoms with E-state index in [2.05, 4.69) is 32.9 Å². The second-order valence-corrected chi connectivity index (χ2v) is 6.00. The normalized spacial score (nSPS) is 10.3. The number of nitrogens with zero attached hydrogens (tertiary/aromatic N) is 1. The van der Waals surface area contributed by atoms with E-state index >= 15 is 0 Å². The number of halogens is 1. The molecule has 4 nitrogen and oxygen atoms in total. The van der Waals surface area contributed by atoms with Crippen molar-refractivity contribution >= 4 is 50.7 Å². The van der Waals surface area contributed by atoms with E-state index in [1.165, 1.54) is 11.3 Å². The van der Waals surface area contributed by atoms with Gasteiger partial charge in [-0.1, -0.05) is 0 Å². The van der Waals surface area contributed by atoms with Crippen molar-refractivity contribution < 1.29 is 4.79 Å². The van der Waals surface area contributed by atoms with Gasteiger partial charge in [-0.2, -0.15) is 0 Å². The molecule has 0 aliphatic heterocycles. The van der Waals surface area contributed by atoms with Crippen molar-refractivity contribution in [2.24, 2.45) is 0 Å². The fourth-order valence-electron chi connectivity index (χ4n) is 1.53. The van der Waals surface area contributed by atoms with Gasteiger partial charge in [0, 0.05) is 14.6 Å². The van der Waals surface area contributed by atoms with Gasteiger partial charge in [0.2, 0.25) is 5.91 Å². The van der Waals surface area contributed by atoms with Crippen LogP contribution < -0.4 is 11.1 Å². The minimum Gasteiger partial charge on any atom is -0.375 e. The molecule has 0 atom stereocenters. The molecule has 6 heteroatoms. The minimum atomic E-state index is -0.0791. The van der Waals surface area contributed by atoms with Gasteiger partial charge in [-0.25, -0.2) is 4.98 Å². The number of nitrogen functional groups attached to an aromatic ring is 1. The standard InChI is InChI=1S/C12H12IN3OS/c1-7-4-8(13)2-3-10(7)16-11(17)5-9-6-18-12(14)15-9/h2-4,6H,5H2,1H3,(H2,14,15)(H,16,17). The molecule has 0 bridgehead atoms. The number of hydrogen-bond acceptors (Lipinski definition) is 4. The molecule has 0 saturated carbocycles. The summed E-state index contributed by atoms with van der Waals surface area (Å²) < 4.78 is 1.15. The number of rotatable bonds is 3. The molecule has 2 rings (SSSR count). The van der Waals surface area contributed by atoms with Gasteiger partial charge in [-0.05, 0) is 53.3 Å². The van der Waals surface area contributed by atoms with Crippen LogP contribution in [-0.2, 0) is 11.2 Å². The number of nitrogens with two attached hydrogens (primary N) is 1. The predicted molar refractivity (Wildman–Crippen MR) is 82.8 cm³/mol. The molecule has 3 N–H and O–H groups in total. The molecule has 0 unspecified atom stereocenters. The van der Waals surface area contributed by atoms with Gasteiger partial charge in [0.05, 0.1) is 12.1 Å². The number of hydrogen-bond donors (Lipinski definition) is 2. The van der Waals surface area contributed by atoms with Gasteiger partial charge in [0.15, 0.2) is 5.13 Å². The Kier molecular flexibility index (Phi) is 4.18. The molecule has 2 aromatic rings. The number of amides is 1. The summed E-state index contributed by atoms with van der Waals surface area (Å²) in [5.74, 6) is -0.0791. The van der Waals surface area contributed by atoms with Crippen molar-refractivity contribution in [2.75, 3.05) is 11.1 Å². The Morgan fingerprint density at radius 3 is 2.94 bits per heavy atom. The Morgan fingerprint density at radius 1 is 1.56 bits per heavy atom. The molecule has 0 aliphatic carbocycles. The number of aryl methyl sites for hydroxylation is 1. The van der Waals surface area contributed by atoms with E-state index in [1.54, 1.807) is 5.38 Å². The van der Waals surface area contributed by atoms with Crippen LogP contribution in [0.1, 0.15) is 11.3 Å². The molecule has 1 aromatic carbocycles. The molecular formula is C12H12IN3OS. The van der Waals surface area contributed by atoms with Crippen LogP contribution in [0.3, 0.4) is 0 Å². The molecule has 0 aliphatic rings. The highest BCUT2D eigenvalue weighted by molar-refractivity contribution is 14.1. The van der Waals surface area contributed by atoms with Crippen molar-refractivity contribution in [2.45, 2.75) is 13.3 Å². The van der Waals surface area contributed by atoms with Gasteiger partial charge in [0.25, 0.3) is 0 Å². The maximum absolute atomic E-state index is 11.8. The van der Waals surface area contributed by atoms with Gasteiger partial charge in [-0.15, -0.1) is 11.3 Å². The van der Waals surface area contributed by atoms with Crippen molar-refractivity contribution in [3.8, 4) is 0 Å². The molecule has 18 heavy (non-hydrogen) atoms. The Balaban J connectivity index is 2.03. The van der Waals surface area contributed by atoms with Crippen LogP contribution in [0, 0.1) is 10.5 Å². The minimum absolute atomic E-state index is 0.0791. The van der Waals surface area contributed by atoms with E-state index in [0.29, 0.717) is 10.8 Å². The van der Waals surface area contributed by atoms with Crippen LogP contribution in [0.4, 0.5) is 10.8 Å². The zero-order chi connectivity index (χ0) is 13.1. The average Bonchev–Trinajstić information content (AvgIpc) is 2.68. The zero-order valence-corrected chi connectivity index (χ0v) is 12.7. The number of anilines is 2. The van der Waals surface area contributed by atoms with E-state index in [0.717, 1.165) is 14.8 Å². The number of aromatic nitrogens is 1. The third-order valence-corrected chi connectivity index (χ3v) is 3.77. The Morgan fingerprint density at radius 2 is 2.33 bits per heavy atom. The predicted octanol–water partition coefficient (Wildman–Crippen LogP) is 2.82. The summed E-state index contributed by atoms with van der Waals surface area (Å²) in [6.07, 6.45) is 0.249. The van der Waals surface area contributed by atoms with Crippen LogP contribution >= 0.6 is 33.9 Å². The van der Waals surface area contributed by atoms with E-state index in [4.69, 9.17) is 5.73 Å². The highest BCUT2D eigenvalue weighted by Crippen LogP contribution is 2.18. The summed E-state index contributed by atoms with van der Waals surface area (Å²) in [7, 11) is 0. The molecular weight excluding hydrogens is 361 g/mol. The molecule has 0 saturated heterocycles.